The zero-order chi connectivity index (χ0) is 14.3. The van der Waals surface area contributed by atoms with Crippen LogP contribution in [0.4, 0.5) is 0 Å². The molecule has 2 aromatic rings. The molecule has 0 heterocycles. The lowest BCUT2D eigenvalue weighted by atomic mass is 10.0. The van der Waals surface area contributed by atoms with Crippen LogP contribution in [0.5, 0.6) is 0 Å². The molecule has 0 N–H and O–H groups in total. The topological polar surface area (TPSA) is 18.5 Å². The van der Waals surface area contributed by atoms with Gasteiger partial charge in [0.2, 0.25) is 0 Å². The second kappa shape index (κ2) is 7.04. The van der Waals surface area contributed by atoms with Gasteiger partial charge in [0, 0.05) is 26.2 Å². The number of hydrogen-bond donors (Lipinski definition) is 0. The second-order valence-electron chi connectivity index (χ2n) is 4.54. The molecule has 0 atom stereocenters. The van der Waals surface area contributed by atoms with E-state index in [0.717, 1.165) is 5.56 Å². The van der Waals surface area contributed by atoms with Crippen LogP contribution in [0, 0.1) is 0 Å². The van der Waals surface area contributed by atoms with E-state index < -0.39 is 5.79 Å². The van der Waals surface area contributed by atoms with Crippen molar-refractivity contribution in [1.82, 2.24) is 0 Å². The molecule has 0 aliphatic carbocycles. The lowest BCUT2D eigenvalue weighted by Gasteiger charge is -2.30. The molecule has 2 nitrogen and oxygen atoms in total. The van der Waals surface area contributed by atoms with Crippen molar-refractivity contribution in [2.24, 2.45) is 0 Å². The number of hydrogen-bond acceptors (Lipinski definition) is 2. The molecule has 2 heteroatoms. The maximum Gasteiger partial charge on any atom is 0.197 e. The summed E-state index contributed by atoms with van der Waals surface area (Å²) in [7, 11) is 3.35. The van der Waals surface area contributed by atoms with Crippen LogP contribution in [-0.2, 0) is 15.3 Å². The van der Waals surface area contributed by atoms with Crippen LogP contribution in [0.3, 0.4) is 0 Å². The molecule has 0 saturated carbocycles. The van der Waals surface area contributed by atoms with Gasteiger partial charge in [0.05, 0.1) is 0 Å². The van der Waals surface area contributed by atoms with E-state index in [4.69, 9.17) is 9.47 Å². The first-order valence-corrected chi connectivity index (χ1v) is 6.68. The summed E-state index contributed by atoms with van der Waals surface area (Å²) in [6.07, 6.45) is 4.81. The van der Waals surface area contributed by atoms with Gasteiger partial charge < -0.3 is 9.47 Å². The van der Waals surface area contributed by atoms with E-state index in [2.05, 4.69) is 24.3 Å². The predicted molar refractivity (Wildman–Crippen MR) is 82.2 cm³/mol. The van der Waals surface area contributed by atoms with E-state index in [9.17, 15) is 0 Å². The van der Waals surface area contributed by atoms with E-state index in [1.54, 1.807) is 14.2 Å². The fourth-order valence-corrected chi connectivity index (χ4v) is 2.21. The number of methoxy groups -OCH3 is 2. The van der Waals surface area contributed by atoms with E-state index in [1.165, 1.54) is 5.56 Å². The van der Waals surface area contributed by atoms with Crippen molar-refractivity contribution in [3.8, 4) is 0 Å². The first-order valence-electron chi connectivity index (χ1n) is 6.68. The predicted octanol–water partition coefficient (Wildman–Crippen LogP) is 4.24. The van der Waals surface area contributed by atoms with Gasteiger partial charge in [-0.25, -0.2) is 0 Å². The van der Waals surface area contributed by atoms with Gasteiger partial charge in [-0.3, -0.25) is 0 Å². The molecule has 0 unspecified atom stereocenters. The summed E-state index contributed by atoms with van der Waals surface area (Å²) in [6.45, 7) is 0. The normalized spacial score (nSPS) is 11.9. The van der Waals surface area contributed by atoms with Crippen molar-refractivity contribution in [1.29, 1.82) is 0 Å². The average molecular weight is 268 g/mol. The van der Waals surface area contributed by atoms with Crippen LogP contribution in [0.2, 0.25) is 0 Å². The van der Waals surface area contributed by atoms with Gasteiger partial charge in [-0.2, -0.15) is 0 Å². The van der Waals surface area contributed by atoms with Crippen LogP contribution in [0.25, 0.3) is 6.08 Å². The Morgan fingerprint density at radius 1 is 0.850 bits per heavy atom. The molecule has 2 rings (SSSR count). The Bertz CT molecular complexity index is 528. The zero-order valence-electron chi connectivity index (χ0n) is 12.0. The highest BCUT2D eigenvalue weighted by Gasteiger charge is 2.30. The minimum absolute atomic E-state index is 0.652. The third-order valence-electron chi connectivity index (χ3n) is 3.37. The average Bonchev–Trinajstić information content (AvgIpc) is 2.54. The van der Waals surface area contributed by atoms with Gasteiger partial charge in [-0.1, -0.05) is 72.8 Å². The Balaban J connectivity index is 2.16. The molecule has 0 aromatic heterocycles. The molecule has 104 valence electrons. The summed E-state index contributed by atoms with van der Waals surface area (Å²) >= 11 is 0. The molecule has 0 spiro atoms. The molecular formula is C18H20O2. The van der Waals surface area contributed by atoms with Gasteiger partial charge in [0.15, 0.2) is 5.79 Å². The van der Waals surface area contributed by atoms with E-state index in [0.29, 0.717) is 6.42 Å². The third kappa shape index (κ3) is 3.35. The Labute approximate surface area is 120 Å². The first kappa shape index (κ1) is 14.5. The van der Waals surface area contributed by atoms with E-state index in [1.807, 2.05) is 48.5 Å². The fraction of sp³-hybridized carbons (Fsp3) is 0.222. The SMILES string of the molecule is COC(C/C=C/c1ccccc1)(OC)c1ccccc1. The Kier molecular flexibility index (Phi) is 5.10. The number of rotatable bonds is 6. The van der Waals surface area contributed by atoms with Crippen LogP contribution < -0.4 is 0 Å². The Hall–Kier alpha value is -1.90. The van der Waals surface area contributed by atoms with Crippen molar-refractivity contribution in [3.05, 3.63) is 77.9 Å². The summed E-state index contributed by atoms with van der Waals surface area (Å²) in [5.41, 5.74) is 2.18. The quantitative estimate of drug-likeness (QED) is 0.730. The molecule has 2 aromatic carbocycles. The number of ether oxygens (including phenoxy) is 2. The Morgan fingerprint density at radius 3 is 1.95 bits per heavy atom. The summed E-state index contributed by atoms with van der Waals surface area (Å²) in [6, 6.07) is 20.2. The molecule has 0 bridgehead atoms. The minimum atomic E-state index is -0.730. The van der Waals surface area contributed by atoms with Crippen molar-refractivity contribution in [3.63, 3.8) is 0 Å². The monoisotopic (exact) mass is 268 g/mol. The van der Waals surface area contributed by atoms with Gasteiger partial charge >= 0.3 is 0 Å². The lowest BCUT2D eigenvalue weighted by Crippen LogP contribution is -2.30. The van der Waals surface area contributed by atoms with Crippen LogP contribution >= 0.6 is 0 Å². The highest BCUT2D eigenvalue weighted by atomic mass is 16.7. The highest BCUT2D eigenvalue weighted by Crippen LogP contribution is 2.30. The smallest absolute Gasteiger partial charge is 0.197 e. The maximum absolute atomic E-state index is 5.64. The molecule has 20 heavy (non-hydrogen) atoms. The summed E-state index contributed by atoms with van der Waals surface area (Å²) < 4.78 is 11.3. The third-order valence-corrected chi connectivity index (χ3v) is 3.37. The molecule has 0 fully saturated rings. The first-order chi connectivity index (χ1) is 9.80. The molecule has 0 aliphatic rings. The molecule has 0 radical (unpaired) electrons. The molecular weight excluding hydrogens is 248 g/mol. The molecule has 0 saturated heterocycles. The Morgan fingerprint density at radius 2 is 1.40 bits per heavy atom. The van der Waals surface area contributed by atoms with E-state index in [-0.39, 0.29) is 0 Å². The van der Waals surface area contributed by atoms with Crippen LogP contribution in [0.15, 0.2) is 66.7 Å². The van der Waals surface area contributed by atoms with E-state index >= 15 is 0 Å². The van der Waals surface area contributed by atoms with Gasteiger partial charge in [0.25, 0.3) is 0 Å². The van der Waals surface area contributed by atoms with Crippen LogP contribution in [0.1, 0.15) is 17.5 Å². The van der Waals surface area contributed by atoms with Crippen molar-refractivity contribution < 1.29 is 9.47 Å². The van der Waals surface area contributed by atoms with Crippen molar-refractivity contribution >= 4 is 6.08 Å². The van der Waals surface area contributed by atoms with Crippen molar-refractivity contribution in [2.45, 2.75) is 12.2 Å². The highest BCUT2D eigenvalue weighted by molar-refractivity contribution is 5.48. The largest absolute Gasteiger partial charge is 0.349 e. The van der Waals surface area contributed by atoms with Gasteiger partial charge in [-0.15, -0.1) is 0 Å². The van der Waals surface area contributed by atoms with Gasteiger partial charge in [0.1, 0.15) is 0 Å². The second-order valence-corrected chi connectivity index (χ2v) is 4.54. The summed E-state index contributed by atoms with van der Waals surface area (Å²) in [5.74, 6) is -0.730. The molecule has 0 amide bonds. The lowest BCUT2D eigenvalue weighted by molar-refractivity contribution is -0.213. The number of benzene rings is 2. The van der Waals surface area contributed by atoms with Gasteiger partial charge in [-0.05, 0) is 5.56 Å². The van der Waals surface area contributed by atoms with Crippen molar-refractivity contribution in [2.75, 3.05) is 14.2 Å². The van der Waals surface area contributed by atoms with Crippen LogP contribution in [-0.4, -0.2) is 14.2 Å². The fourth-order valence-electron chi connectivity index (χ4n) is 2.21. The standard InChI is InChI=1S/C18H20O2/c1-19-18(20-2,17-13-7-4-8-14-17)15-9-12-16-10-5-3-6-11-16/h3-14H,15H2,1-2H3/b12-9+. The summed E-state index contributed by atoms with van der Waals surface area (Å²) in [5, 5.41) is 0. The zero-order valence-corrected chi connectivity index (χ0v) is 12.0. The molecule has 0 aliphatic heterocycles. The maximum atomic E-state index is 5.64. The minimum Gasteiger partial charge on any atom is -0.349 e. The summed E-state index contributed by atoms with van der Waals surface area (Å²) in [4.78, 5) is 0.